The largest absolute Gasteiger partial charge is 0.389 e. The Morgan fingerprint density at radius 3 is 0.260 bits per heavy atom. The standard InChI is InChI=1S/C3H10O50Si51/c1-104(2,3)103(53)102(52)101(51)100(50)99(49)98(48)97(47)96(46)95(45)94(44)93(43)92(42)91(41)90(40)89(39)88(38)87(37)86(36)85(35)84(34)83(33)82(32)81(31)80(30)79(29)78(28)77(27)76(26)75(25)74(24)73(23)72(22)71(21)70(20)69(19)68(18)67(17)66(16)65(15)64(14)63(13)62(12)61(11)60(10)59(9)58(8)57(7)56(6)55(5)54-4/h54H,1-3H3. The first-order valence-electron chi connectivity index (χ1n) is 24.3. The van der Waals surface area contributed by atoms with Crippen molar-refractivity contribution >= 4 is 395 Å². The van der Waals surface area contributed by atoms with Crippen LogP contribution < -0.4 is 0 Å². The second-order valence-corrected chi connectivity index (χ2v) is 268. The Labute approximate surface area is 629 Å². The molecule has 104 heavy (non-hydrogen) atoms. The lowest BCUT2D eigenvalue weighted by Gasteiger charge is -2.08. The maximum Gasteiger partial charge on any atom is 0.381 e. The van der Waals surface area contributed by atoms with Crippen LogP contribution in [0.2, 0.25) is 19.6 Å². The maximum atomic E-state index is 12.9. The molecule has 526 valence electrons. The number of hydrogen-bond acceptors (Lipinski definition) is 50. The quantitative estimate of drug-likeness (QED) is 0.0510. The molecule has 0 aromatic carbocycles. The van der Waals surface area contributed by atoms with Gasteiger partial charge < -0.3 is 223 Å². The van der Waals surface area contributed by atoms with Gasteiger partial charge in [-0.05, 0) is 0 Å². The summed E-state index contributed by atoms with van der Waals surface area (Å²) < 4.78 is 633. The molecule has 0 aliphatic carbocycles. The van der Waals surface area contributed by atoms with E-state index in [2.05, 4.69) is 0 Å². The van der Waals surface area contributed by atoms with Gasteiger partial charge in [0.05, 0.1) is 0 Å². The van der Waals surface area contributed by atoms with Crippen molar-refractivity contribution in [1.29, 1.82) is 0 Å². The van der Waals surface area contributed by atoms with Crippen molar-refractivity contribution in [3.8, 4) is 0 Å². The van der Waals surface area contributed by atoms with E-state index in [1.54, 1.807) is 0 Å². The molecule has 0 saturated carbocycles. The smallest absolute Gasteiger partial charge is 0.381 e. The predicted octanol–water partition coefficient (Wildman–Crippen LogP) is -23.9. The lowest BCUT2D eigenvalue weighted by atomic mass is 11.8. The van der Waals surface area contributed by atoms with E-state index in [0.717, 1.165) is 0 Å². The molecule has 50 nitrogen and oxygen atoms in total. The highest BCUT2D eigenvalue weighted by Gasteiger charge is 2.62. The molecule has 0 rings (SSSR count). The molecule has 0 fully saturated rings. The summed E-state index contributed by atoms with van der Waals surface area (Å²) in [5.41, 5.74) is 0. The van der Waals surface area contributed by atoms with E-state index < -0.39 is 395 Å². The van der Waals surface area contributed by atoms with E-state index in [1.807, 2.05) is 0 Å². The maximum absolute atomic E-state index is 12.9. The van der Waals surface area contributed by atoms with Gasteiger partial charge in [0, 0.05) is 0 Å². The first-order valence-corrected chi connectivity index (χ1v) is 148. The van der Waals surface area contributed by atoms with Crippen LogP contribution in [0.15, 0.2) is 0 Å². The molecule has 0 aliphatic rings. The zero-order valence-electron chi connectivity index (χ0n) is 49.0. The van der Waals surface area contributed by atoms with Gasteiger partial charge in [0.2, 0.25) is 0 Å². The van der Waals surface area contributed by atoms with Gasteiger partial charge in [-0.1, -0.05) is 19.6 Å². The molecule has 0 radical (unpaired) electrons. The highest BCUT2D eigenvalue weighted by Crippen LogP contribution is 2.01. The van der Waals surface area contributed by atoms with E-state index in [9.17, 15) is 223 Å². The van der Waals surface area contributed by atoms with E-state index >= 15 is 0 Å². The fourth-order valence-electron chi connectivity index (χ4n) is 5.25. The predicted molar refractivity (Wildman–Crippen MR) is 347 cm³/mol. The highest BCUT2D eigenvalue weighted by atomic mass is 30.2. The fourth-order valence-corrected chi connectivity index (χ4v) is 601. The molecule has 0 aliphatic heterocycles. The molecule has 0 aromatic rings. The van der Waals surface area contributed by atoms with E-state index in [-0.39, 0.29) is 0 Å². The van der Waals surface area contributed by atoms with Gasteiger partial charge in [0.25, 0.3) is 0 Å². The molecule has 0 unspecified atom stereocenters. The van der Waals surface area contributed by atoms with Gasteiger partial charge in [-0.15, -0.1) is 0 Å². The summed E-state index contributed by atoms with van der Waals surface area (Å²) in [4.78, 5) is 0. The van der Waals surface area contributed by atoms with Crippen LogP contribution in [0.3, 0.4) is 0 Å². The average molecular weight is 2280 g/mol. The Kier molecular flexibility index (Phi) is 46.4. The summed E-state index contributed by atoms with van der Waals surface area (Å²) in [5.74, 6) is 0. The van der Waals surface area contributed by atoms with E-state index in [0.29, 0.717) is 0 Å². The molecule has 101 heteroatoms. The van der Waals surface area contributed by atoms with Crippen molar-refractivity contribution in [1.82, 2.24) is 0 Å². The second kappa shape index (κ2) is 46.0. The third kappa shape index (κ3) is 26.6. The van der Waals surface area contributed by atoms with Crippen molar-refractivity contribution in [2.75, 3.05) is 0 Å². The Morgan fingerprint density at radius 1 is 0.125 bits per heavy atom. The van der Waals surface area contributed by atoms with Crippen molar-refractivity contribution in [3.05, 3.63) is 0 Å². The van der Waals surface area contributed by atoms with Crippen LogP contribution in [0.1, 0.15) is 0 Å². The van der Waals surface area contributed by atoms with E-state index in [4.69, 9.17) is 0 Å². The van der Waals surface area contributed by atoms with Crippen molar-refractivity contribution in [3.63, 3.8) is 0 Å². The summed E-state index contributed by atoms with van der Waals surface area (Å²) in [5, 5.41) is 0. The number of hydrogen-bond donors (Lipinski definition) is 0. The van der Waals surface area contributed by atoms with E-state index in [1.165, 1.54) is 19.6 Å². The monoisotopic (exact) mass is 2270 g/mol. The minimum atomic E-state index is -4.94. The van der Waals surface area contributed by atoms with Crippen LogP contribution in [0.4, 0.5) is 0 Å². The fraction of sp³-hybridized carbons (Fsp3) is 1.00. The van der Waals surface area contributed by atoms with Crippen LogP contribution >= 0.6 is 0 Å². The van der Waals surface area contributed by atoms with Crippen LogP contribution in [-0.2, 0) is 223 Å². The van der Waals surface area contributed by atoms with Gasteiger partial charge in [-0.3, -0.25) is 0 Å². The zero-order valence-corrected chi connectivity index (χ0v) is 100. The lowest BCUT2D eigenvalue weighted by molar-refractivity contribution is 0.531. The second-order valence-electron chi connectivity index (χ2n) is 18.5. The molecule has 0 spiro atoms. The molecular weight excluding hydrogens is 2270 g/mol. The third-order valence-corrected chi connectivity index (χ3v) is 409. The minimum Gasteiger partial charge on any atom is -0.389 e. The topological polar surface area (TPSA) is 854 Å². The lowest BCUT2D eigenvalue weighted by Crippen LogP contribution is -2.58. The molecule has 0 aromatic heterocycles. The Morgan fingerprint density at radius 2 is 0.192 bits per heavy atom. The van der Waals surface area contributed by atoms with Crippen LogP contribution in [-0.4, -0.2) is 395 Å². The highest BCUT2D eigenvalue weighted by molar-refractivity contribution is 7.87. The Bertz CT molecular complexity index is 4910. The van der Waals surface area contributed by atoms with Crippen LogP contribution in [0.5, 0.6) is 0 Å². The molecule has 0 N–H and O–H groups in total. The van der Waals surface area contributed by atoms with Crippen molar-refractivity contribution in [2.24, 2.45) is 0 Å². The van der Waals surface area contributed by atoms with Crippen LogP contribution in [0.25, 0.3) is 0 Å². The Hall–Kier alpha value is 1.06. The van der Waals surface area contributed by atoms with Crippen molar-refractivity contribution in [2.45, 2.75) is 19.6 Å². The molecule has 0 bridgehead atoms. The molecule has 0 atom stereocenters. The summed E-state index contributed by atoms with van der Waals surface area (Å²) in [7, 11) is -234. The SMILES string of the molecule is C[Si](C)(C)[Si](=O)[Si](=O)[Si](=O)[Si](=O)[Si](=O)[Si](=O)[Si](=O)[Si](=O)[Si](=O)[Si](=O)[Si](=O)[Si](=O)[Si](=O)[Si](=O)[Si](=O)[Si](=O)[Si](=O)[Si](=O)[Si](=O)[Si](=O)[Si](=O)[Si](=O)[Si](=O)[Si](=O)[Si](=O)[Si](=O)[Si](=O)[Si](=O)[Si](=O)[Si](=O)[Si](=O)[Si](=O)[Si](=O)[Si](=O)[Si](=O)[Si](=O)[Si](=O)[Si](=O)[Si](=O)[Si](=O)[Si](=O)[Si](=O)[Si](=O)[Si](=O)[Si](=O)[Si](=O)[Si](=O)[Si](=O)[Si](=O)[SiH]=O. The molecule has 0 saturated heterocycles. The van der Waals surface area contributed by atoms with Gasteiger partial charge in [0.15, 0.2) is 0 Å². The minimum absolute atomic E-state index is 1.40. The first kappa shape index (κ1) is 105. The average Bonchev–Trinajstić information content (AvgIpc) is 0.824. The van der Waals surface area contributed by atoms with Crippen molar-refractivity contribution < 1.29 is 223 Å². The summed E-state index contributed by atoms with van der Waals surface area (Å²) in [6.45, 7) is 4.21. The third-order valence-electron chi connectivity index (χ3n) is 10.7. The summed E-state index contributed by atoms with van der Waals surface area (Å²) >= 11 is 0. The van der Waals surface area contributed by atoms with Gasteiger partial charge >= 0.3 is 387 Å². The van der Waals surface area contributed by atoms with Gasteiger partial charge in [0.1, 0.15) is 7.59 Å². The molecule has 0 amide bonds. The van der Waals surface area contributed by atoms with Crippen LogP contribution in [0, 0.1) is 0 Å². The summed E-state index contributed by atoms with van der Waals surface area (Å²) in [6, 6.07) is 0. The van der Waals surface area contributed by atoms with Gasteiger partial charge in [-0.2, -0.15) is 0 Å². The zero-order chi connectivity index (χ0) is 82.5. The first-order chi connectivity index (χ1) is 47.2. The normalized spacial score (nSPS) is 10.1. The van der Waals surface area contributed by atoms with Gasteiger partial charge in [-0.25, -0.2) is 0 Å². The molecule has 0 heterocycles. The summed E-state index contributed by atoms with van der Waals surface area (Å²) in [6.07, 6.45) is 0. The molecular formula is C3H10O50Si51. The number of rotatable bonds is 50. The Balaban J connectivity index is 6.04.